The molecule has 0 spiro atoms. The number of furan rings is 1. The van der Waals surface area contributed by atoms with Crippen molar-refractivity contribution >= 4 is 70.5 Å². The van der Waals surface area contributed by atoms with Gasteiger partial charge in [-0.2, -0.15) is 0 Å². The lowest BCUT2D eigenvalue weighted by Crippen LogP contribution is -2.28. The molecule has 10 aromatic carbocycles. The van der Waals surface area contributed by atoms with Gasteiger partial charge in [-0.05, 0) is 106 Å². The zero-order valence-electron chi connectivity index (χ0n) is 35.7. The molecule has 65 heavy (non-hydrogen) atoms. The van der Waals surface area contributed by atoms with Gasteiger partial charge in [0.25, 0.3) is 0 Å². The van der Waals surface area contributed by atoms with Gasteiger partial charge in [-0.25, -0.2) is 0 Å². The van der Waals surface area contributed by atoms with Crippen LogP contribution < -0.4 is 4.90 Å². The van der Waals surface area contributed by atoms with Gasteiger partial charge < -0.3 is 9.32 Å². The molecular weight excluding hydrogens is 807 g/mol. The van der Waals surface area contributed by atoms with Crippen LogP contribution in [0, 0.1) is 6.92 Å². The number of rotatable bonds is 7. The second kappa shape index (κ2) is 14.8. The Kier molecular flexibility index (Phi) is 8.56. The molecule has 13 rings (SSSR count). The lowest BCUT2D eigenvalue weighted by atomic mass is 9.67. The third kappa shape index (κ3) is 5.79. The minimum Gasteiger partial charge on any atom is -0.455 e. The first kappa shape index (κ1) is 37.6. The molecule has 0 N–H and O–H groups in total. The van der Waals surface area contributed by atoms with Crippen LogP contribution in [-0.4, -0.2) is 0 Å². The summed E-state index contributed by atoms with van der Waals surface area (Å²) >= 11 is 1.87. The van der Waals surface area contributed by atoms with Crippen LogP contribution in [0.2, 0.25) is 0 Å². The molecule has 306 valence electrons. The van der Waals surface area contributed by atoms with Crippen molar-refractivity contribution in [3.8, 4) is 33.4 Å². The Morgan fingerprint density at radius 2 is 0.923 bits per heavy atom. The predicted octanol–water partition coefficient (Wildman–Crippen LogP) is 17.4. The second-order valence-electron chi connectivity index (χ2n) is 17.2. The summed E-state index contributed by atoms with van der Waals surface area (Å²) in [5, 5.41) is 4.89. The van der Waals surface area contributed by atoms with Crippen LogP contribution in [0.3, 0.4) is 0 Å². The quantitative estimate of drug-likeness (QED) is 0.159. The number of anilines is 3. The Bertz CT molecular complexity index is 3580. The summed E-state index contributed by atoms with van der Waals surface area (Å²) in [6, 6.07) is 84.6. The fraction of sp³-hybridized carbons (Fsp3) is 0.0323. The summed E-state index contributed by atoms with van der Waals surface area (Å²) < 4.78 is 9.12. The van der Waals surface area contributed by atoms with Crippen LogP contribution in [0.1, 0.15) is 27.8 Å². The molecule has 0 saturated carbocycles. The number of para-hydroxylation sites is 2. The third-order valence-electron chi connectivity index (χ3n) is 13.6. The summed E-state index contributed by atoms with van der Waals surface area (Å²) in [6.07, 6.45) is 0. The van der Waals surface area contributed by atoms with Crippen molar-refractivity contribution in [3.63, 3.8) is 0 Å². The molecule has 0 unspecified atom stereocenters. The fourth-order valence-electron chi connectivity index (χ4n) is 10.7. The van der Waals surface area contributed by atoms with Crippen molar-refractivity contribution in [1.29, 1.82) is 0 Å². The minimum atomic E-state index is -0.475. The van der Waals surface area contributed by atoms with E-state index in [0.29, 0.717) is 0 Å². The SMILES string of the molecule is Cc1cccc(C2(c3ccc(N(c4ccc(-c5cccc6c5oc5ccccc56)cc4)c4ccc(-c5cccc6c5sc5ccccc56)cc4)cc3)c3ccccc3-c3ccccc32)c1. The zero-order chi connectivity index (χ0) is 43.1. The molecule has 2 heterocycles. The molecule has 2 aromatic heterocycles. The summed E-state index contributed by atoms with van der Waals surface area (Å²) in [4.78, 5) is 2.38. The molecular formula is C62H41NOS. The Hall–Kier alpha value is -7.98. The van der Waals surface area contributed by atoms with E-state index in [0.717, 1.165) is 50.1 Å². The monoisotopic (exact) mass is 847 g/mol. The first-order valence-electron chi connectivity index (χ1n) is 22.3. The van der Waals surface area contributed by atoms with E-state index in [-0.39, 0.29) is 0 Å². The van der Waals surface area contributed by atoms with Gasteiger partial charge in [-0.1, -0.05) is 188 Å². The highest BCUT2D eigenvalue weighted by molar-refractivity contribution is 7.26. The van der Waals surface area contributed by atoms with E-state index >= 15 is 0 Å². The van der Waals surface area contributed by atoms with Gasteiger partial charge in [0.15, 0.2) is 0 Å². The molecule has 0 amide bonds. The van der Waals surface area contributed by atoms with Crippen LogP contribution in [0.25, 0.3) is 75.5 Å². The van der Waals surface area contributed by atoms with Crippen molar-refractivity contribution in [2.45, 2.75) is 12.3 Å². The van der Waals surface area contributed by atoms with E-state index < -0.39 is 5.41 Å². The van der Waals surface area contributed by atoms with Gasteiger partial charge >= 0.3 is 0 Å². The molecule has 0 saturated heterocycles. The normalized spacial score (nSPS) is 12.8. The van der Waals surface area contributed by atoms with E-state index in [1.807, 2.05) is 23.5 Å². The number of thiophene rings is 1. The van der Waals surface area contributed by atoms with E-state index in [2.05, 4.69) is 230 Å². The zero-order valence-corrected chi connectivity index (χ0v) is 36.5. The maximum absolute atomic E-state index is 6.48. The molecule has 1 aliphatic rings. The number of hydrogen-bond acceptors (Lipinski definition) is 3. The Labute approximate surface area is 381 Å². The summed E-state index contributed by atoms with van der Waals surface area (Å²) in [5.41, 5.74) is 18.2. The highest BCUT2D eigenvalue weighted by Crippen LogP contribution is 2.56. The van der Waals surface area contributed by atoms with Crippen molar-refractivity contribution < 1.29 is 4.42 Å². The fourth-order valence-corrected chi connectivity index (χ4v) is 12.0. The lowest BCUT2D eigenvalue weighted by Gasteiger charge is -2.34. The molecule has 12 aromatic rings. The minimum absolute atomic E-state index is 0.475. The van der Waals surface area contributed by atoms with Crippen LogP contribution >= 0.6 is 11.3 Å². The molecule has 3 heteroatoms. The largest absolute Gasteiger partial charge is 0.455 e. The van der Waals surface area contributed by atoms with E-state index in [4.69, 9.17) is 4.42 Å². The highest BCUT2D eigenvalue weighted by atomic mass is 32.1. The molecule has 2 nitrogen and oxygen atoms in total. The number of aryl methyl sites for hydroxylation is 1. The van der Waals surface area contributed by atoms with Gasteiger partial charge in [0.1, 0.15) is 11.2 Å². The summed E-state index contributed by atoms with van der Waals surface area (Å²) in [6.45, 7) is 2.20. The first-order valence-corrected chi connectivity index (χ1v) is 23.1. The lowest BCUT2D eigenvalue weighted by molar-refractivity contribution is 0.670. The van der Waals surface area contributed by atoms with Crippen LogP contribution in [0.4, 0.5) is 17.1 Å². The summed E-state index contributed by atoms with van der Waals surface area (Å²) in [5.74, 6) is 0. The van der Waals surface area contributed by atoms with Gasteiger partial charge in [-0.15, -0.1) is 11.3 Å². The van der Waals surface area contributed by atoms with Crippen molar-refractivity contribution in [2.75, 3.05) is 4.90 Å². The maximum Gasteiger partial charge on any atom is 0.143 e. The molecule has 0 aliphatic heterocycles. The van der Waals surface area contributed by atoms with Crippen molar-refractivity contribution in [3.05, 3.63) is 258 Å². The molecule has 0 radical (unpaired) electrons. The number of hydrogen-bond donors (Lipinski definition) is 0. The van der Waals surface area contributed by atoms with E-state index in [9.17, 15) is 0 Å². The van der Waals surface area contributed by atoms with E-state index in [1.54, 1.807) is 0 Å². The topological polar surface area (TPSA) is 16.4 Å². The van der Waals surface area contributed by atoms with E-state index in [1.165, 1.54) is 70.2 Å². The predicted molar refractivity (Wildman–Crippen MR) is 274 cm³/mol. The van der Waals surface area contributed by atoms with Gasteiger partial charge in [0.2, 0.25) is 0 Å². The smallest absolute Gasteiger partial charge is 0.143 e. The average molecular weight is 848 g/mol. The van der Waals surface area contributed by atoms with Crippen molar-refractivity contribution in [2.24, 2.45) is 0 Å². The third-order valence-corrected chi connectivity index (χ3v) is 14.9. The Balaban J connectivity index is 0.953. The standard InChI is InChI=1S/C62H41NOS/c1-40-13-10-14-44(39-40)62(56-23-6-2-15-50(56)51-16-3-7-24-57(51)62)43-31-37-47(38-32-43)63(45-33-27-41(28-34-45)48-19-11-21-54-52-17-4-8-25-58(52)64-60(48)54)46-35-29-42(30-36-46)49-20-12-22-55-53-18-5-9-26-59(53)65-61(49)55/h2-39H,1H3. The van der Waals surface area contributed by atoms with Crippen LogP contribution in [-0.2, 0) is 5.41 Å². The highest BCUT2D eigenvalue weighted by Gasteiger charge is 2.46. The number of benzene rings is 10. The first-order chi connectivity index (χ1) is 32.1. The number of fused-ring (bicyclic) bond motifs is 9. The molecule has 0 atom stereocenters. The average Bonchev–Trinajstić information content (AvgIpc) is 4.04. The molecule has 0 bridgehead atoms. The van der Waals surface area contributed by atoms with Crippen LogP contribution in [0.15, 0.2) is 235 Å². The van der Waals surface area contributed by atoms with Gasteiger partial charge in [-0.3, -0.25) is 0 Å². The Morgan fingerprint density at radius 1 is 0.400 bits per heavy atom. The molecule has 0 fully saturated rings. The molecule has 1 aliphatic carbocycles. The Morgan fingerprint density at radius 3 is 1.62 bits per heavy atom. The number of nitrogens with zero attached hydrogens (tertiary/aromatic N) is 1. The van der Waals surface area contributed by atoms with Gasteiger partial charge in [0.05, 0.1) is 5.41 Å². The maximum atomic E-state index is 6.48. The van der Waals surface area contributed by atoms with Crippen LogP contribution in [0.5, 0.6) is 0 Å². The van der Waals surface area contributed by atoms with Gasteiger partial charge in [0, 0.05) is 53.6 Å². The summed E-state index contributed by atoms with van der Waals surface area (Å²) in [7, 11) is 0. The van der Waals surface area contributed by atoms with Crippen molar-refractivity contribution in [1.82, 2.24) is 0 Å². The second-order valence-corrected chi connectivity index (χ2v) is 18.3.